The first-order valence-corrected chi connectivity index (χ1v) is 10.5. The van der Waals surface area contributed by atoms with Gasteiger partial charge in [0.2, 0.25) is 0 Å². The predicted octanol–water partition coefficient (Wildman–Crippen LogP) is 1.74. The Hall–Kier alpha value is -2.81. The molecule has 0 aromatic heterocycles. The van der Waals surface area contributed by atoms with Crippen LogP contribution in [0, 0.1) is 0 Å². The van der Waals surface area contributed by atoms with Crippen LogP contribution in [0.1, 0.15) is 51.1 Å². The van der Waals surface area contributed by atoms with Gasteiger partial charge in [0.15, 0.2) is 11.5 Å². The molecule has 3 aliphatic rings. The van der Waals surface area contributed by atoms with Crippen molar-refractivity contribution in [1.29, 1.82) is 0 Å². The number of urea groups is 1. The maximum atomic E-state index is 12.6. The van der Waals surface area contributed by atoms with Crippen molar-refractivity contribution < 1.29 is 23.9 Å². The van der Waals surface area contributed by atoms with Crippen molar-refractivity contribution in [3.05, 3.63) is 23.8 Å². The summed E-state index contributed by atoms with van der Waals surface area (Å²) in [6, 6.07) is 5.39. The van der Waals surface area contributed by atoms with Crippen molar-refractivity contribution in [1.82, 2.24) is 20.7 Å². The summed E-state index contributed by atoms with van der Waals surface area (Å²) in [7, 11) is 0. The maximum absolute atomic E-state index is 12.6. The largest absolute Gasteiger partial charge is 0.490 e. The van der Waals surface area contributed by atoms with Gasteiger partial charge in [-0.3, -0.25) is 19.9 Å². The topological polar surface area (TPSA) is 100 Å². The molecule has 4 rings (SSSR count). The summed E-state index contributed by atoms with van der Waals surface area (Å²) in [4.78, 5) is 39.3. The molecule has 3 aliphatic heterocycles. The number of nitrogens with zero attached hydrogens (tertiary/aromatic N) is 2. The van der Waals surface area contributed by atoms with Crippen LogP contribution >= 0.6 is 0 Å². The number of hydrogen-bond donors (Lipinski definition) is 2. The third-order valence-electron chi connectivity index (χ3n) is 6.07. The van der Waals surface area contributed by atoms with E-state index >= 15 is 0 Å². The minimum atomic E-state index is -0.982. The zero-order chi connectivity index (χ0) is 21.3. The highest BCUT2D eigenvalue weighted by Gasteiger charge is 2.47. The van der Waals surface area contributed by atoms with E-state index in [-0.39, 0.29) is 18.5 Å². The van der Waals surface area contributed by atoms with Crippen molar-refractivity contribution in [3.8, 4) is 11.5 Å². The second-order valence-electron chi connectivity index (χ2n) is 8.18. The number of rotatable bonds is 5. The van der Waals surface area contributed by atoms with Crippen LogP contribution < -0.4 is 20.2 Å². The second kappa shape index (κ2) is 8.14. The smallest absolute Gasteiger partial charge is 0.344 e. The van der Waals surface area contributed by atoms with Crippen LogP contribution in [0.3, 0.4) is 0 Å². The second-order valence-corrected chi connectivity index (χ2v) is 8.18. The van der Waals surface area contributed by atoms with Gasteiger partial charge in [-0.15, -0.1) is 0 Å². The highest BCUT2D eigenvalue weighted by Crippen LogP contribution is 2.37. The Balaban J connectivity index is 1.42. The lowest BCUT2D eigenvalue weighted by Crippen LogP contribution is -2.51. The van der Waals surface area contributed by atoms with Crippen molar-refractivity contribution >= 4 is 17.8 Å². The third-order valence-corrected chi connectivity index (χ3v) is 6.07. The van der Waals surface area contributed by atoms with Crippen molar-refractivity contribution in [2.75, 3.05) is 26.3 Å². The monoisotopic (exact) mass is 416 g/mol. The van der Waals surface area contributed by atoms with Gasteiger partial charge in [-0.25, -0.2) is 4.79 Å². The molecule has 9 nitrogen and oxygen atoms in total. The number of carbonyl (C=O) groups excluding carboxylic acids is 3. The van der Waals surface area contributed by atoms with Crippen LogP contribution in [0.4, 0.5) is 4.79 Å². The molecule has 0 radical (unpaired) electrons. The first kappa shape index (κ1) is 20.5. The Kier molecular flexibility index (Phi) is 5.55. The Morgan fingerprint density at radius 3 is 2.73 bits per heavy atom. The molecule has 2 atom stereocenters. The van der Waals surface area contributed by atoms with E-state index in [4.69, 9.17) is 9.47 Å². The van der Waals surface area contributed by atoms with E-state index < -0.39 is 17.5 Å². The number of carbonyl (C=O) groups is 3. The molecular formula is C21H28N4O5. The number of amides is 4. The van der Waals surface area contributed by atoms with E-state index in [9.17, 15) is 14.4 Å². The molecule has 30 heavy (non-hydrogen) atoms. The van der Waals surface area contributed by atoms with Crippen molar-refractivity contribution in [2.45, 2.75) is 51.1 Å². The molecule has 4 amide bonds. The third kappa shape index (κ3) is 3.81. The fourth-order valence-electron chi connectivity index (χ4n) is 4.15. The van der Waals surface area contributed by atoms with E-state index in [0.29, 0.717) is 19.6 Å². The summed E-state index contributed by atoms with van der Waals surface area (Å²) in [5.74, 6) is 0.653. The lowest BCUT2D eigenvalue weighted by molar-refractivity contribution is -0.139. The van der Waals surface area contributed by atoms with Crippen LogP contribution in [0.15, 0.2) is 18.2 Å². The molecule has 1 aromatic carbocycles. The maximum Gasteiger partial charge on any atom is 0.344 e. The fraction of sp³-hybridized carbons (Fsp3) is 0.571. The number of likely N-dealkylation sites (tertiary alicyclic amines) is 1. The number of hydrogen-bond acceptors (Lipinski definition) is 6. The summed E-state index contributed by atoms with van der Waals surface area (Å²) in [5.41, 5.74) is 2.56. The van der Waals surface area contributed by atoms with Crippen molar-refractivity contribution in [3.63, 3.8) is 0 Å². The van der Waals surface area contributed by atoms with Crippen LogP contribution in [0.5, 0.6) is 11.5 Å². The Morgan fingerprint density at radius 1 is 1.23 bits per heavy atom. The number of benzene rings is 1. The molecule has 0 bridgehead atoms. The molecule has 162 valence electrons. The van der Waals surface area contributed by atoms with Gasteiger partial charge in [-0.05, 0) is 50.4 Å². The number of hydrazine groups is 1. The summed E-state index contributed by atoms with van der Waals surface area (Å²) >= 11 is 0. The summed E-state index contributed by atoms with van der Waals surface area (Å²) in [6.07, 6.45) is 3.18. The van der Waals surface area contributed by atoms with Gasteiger partial charge in [0.05, 0.1) is 19.8 Å². The average molecular weight is 416 g/mol. The summed E-state index contributed by atoms with van der Waals surface area (Å²) in [6.45, 7) is 5.59. The lowest BCUT2D eigenvalue weighted by atomic mass is 10.00. The van der Waals surface area contributed by atoms with Gasteiger partial charge in [-0.1, -0.05) is 13.0 Å². The number of ether oxygens (including phenoxy) is 2. The number of fused-ring (bicyclic) bond motifs is 1. The van der Waals surface area contributed by atoms with Crippen LogP contribution in [-0.4, -0.2) is 59.6 Å². The minimum Gasteiger partial charge on any atom is -0.490 e. The fourth-order valence-corrected chi connectivity index (χ4v) is 4.15. The first-order valence-electron chi connectivity index (χ1n) is 10.5. The van der Waals surface area contributed by atoms with Gasteiger partial charge in [0, 0.05) is 12.5 Å². The van der Waals surface area contributed by atoms with E-state index in [2.05, 4.69) is 15.6 Å². The molecule has 0 aliphatic carbocycles. The predicted molar refractivity (Wildman–Crippen MR) is 108 cm³/mol. The quantitative estimate of drug-likeness (QED) is 0.710. The van der Waals surface area contributed by atoms with Crippen LogP contribution in [0.25, 0.3) is 0 Å². The molecular weight excluding hydrogens is 388 g/mol. The number of nitrogens with one attached hydrogen (secondary N) is 2. The van der Waals surface area contributed by atoms with E-state index in [1.54, 1.807) is 6.92 Å². The summed E-state index contributed by atoms with van der Waals surface area (Å²) < 4.78 is 11.5. The zero-order valence-corrected chi connectivity index (χ0v) is 17.4. The Labute approximate surface area is 175 Å². The molecule has 2 fully saturated rings. The van der Waals surface area contributed by atoms with E-state index in [1.807, 2.05) is 25.1 Å². The van der Waals surface area contributed by atoms with Crippen LogP contribution in [-0.2, 0) is 9.59 Å². The van der Waals surface area contributed by atoms with Gasteiger partial charge in [0.1, 0.15) is 5.54 Å². The molecule has 0 saturated carbocycles. The molecule has 0 spiro atoms. The van der Waals surface area contributed by atoms with E-state index in [0.717, 1.165) is 47.9 Å². The summed E-state index contributed by atoms with van der Waals surface area (Å²) in [5, 5.41) is 3.43. The normalized spacial score (nSPS) is 26.5. The Bertz CT molecular complexity index is 860. The molecule has 1 aromatic rings. The van der Waals surface area contributed by atoms with Gasteiger partial charge >= 0.3 is 6.03 Å². The average Bonchev–Trinajstić information content (AvgIpc) is 3.16. The molecule has 2 saturated heterocycles. The standard InChI is InChI=1S/C21H28N4O5/c1-3-21(2)19(27)25(20(28)22-21)23-18(26)13-24-9-4-6-15(24)14-7-8-16-17(12-14)30-11-5-10-29-16/h7-8,12,15H,3-6,9-11,13H2,1-2H3,(H,22,28)(H,23,26)/t15-,21-/m1/s1. The number of imide groups is 1. The minimum absolute atomic E-state index is 0.0666. The van der Waals surface area contributed by atoms with Crippen molar-refractivity contribution in [2.24, 2.45) is 0 Å². The van der Waals surface area contributed by atoms with Crippen LogP contribution in [0.2, 0.25) is 0 Å². The highest BCUT2D eigenvalue weighted by atomic mass is 16.5. The molecule has 2 N–H and O–H groups in total. The molecule has 3 heterocycles. The van der Waals surface area contributed by atoms with Gasteiger partial charge in [-0.2, -0.15) is 5.01 Å². The van der Waals surface area contributed by atoms with Gasteiger partial charge < -0.3 is 14.8 Å². The van der Waals surface area contributed by atoms with Gasteiger partial charge in [0.25, 0.3) is 11.8 Å². The highest BCUT2D eigenvalue weighted by molar-refractivity contribution is 6.07. The first-order chi connectivity index (χ1) is 14.4. The van der Waals surface area contributed by atoms with E-state index in [1.165, 1.54) is 0 Å². The Morgan fingerprint density at radius 2 is 2.00 bits per heavy atom. The lowest BCUT2D eigenvalue weighted by Gasteiger charge is -2.26. The molecule has 0 unspecified atom stereocenters. The SMILES string of the molecule is CC[C@@]1(C)NC(=O)N(NC(=O)CN2CCC[C@@H]2c2ccc3c(c2)OCCCO3)C1=O. The zero-order valence-electron chi connectivity index (χ0n) is 17.4. The molecule has 9 heteroatoms.